The van der Waals surface area contributed by atoms with Crippen LogP contribution in [0.5, 0.6) is 11.5 Å². The number of benzene rings is 2. The van der Waals surface area contributed by atoms with Gasteiger partial charge in [-0.25, -0.2) is 8.42 Å². The van der Waals surface area contributed by atoms with Crippen LogP contribution in [0.4, 0.5) is 5.69 Å². The van der Waals surface area contributed by atoms with Gasteiger partial charge < -0.3 is 24.0 Å². The maximum absolute atomic E-state index is 12.7. The van der Waals surface area contributed by atoms with Crippen LogP contribution in [0.2, 0.25) is 0 Å². The zero-order chi connectivity index (χ0) is 23.3. The molecule has 2 fully saturated rings. The molecule has 4 rings (SSSR count). The second-order valence-corrected chi connectivity index (χ2v) is 9.78. The Balaban J connectivity index is 1.26. The monoisotopic (exact) mass is 475 g/mol. The van der Waals surface area contributed by atoms with Crippen LogP contribution in [-0.4, -0.2) is 89.7 Å². The molecule has 2 aromatic rings. The Bertz CT molecular complexity index is 1030. The Morgan fingerprint density at radius 3 is 2.09 bits per heavy atom. The van der Waals surface area contributed by atoms with E-state index < -0.39 is 10.0 Å². The Labute approximate surface area is 194 Å². The molecule has 0 bridgehead atoms. The lowest BCUT2D eigenvalue weighted by atomic mass is 10.2. The molecule has 2 aromatic carbocycles. The molecular formula is C23H29N3O6S. The Kier molecular flexibility index (Phi) is 7.36. The van der Waals surface area contributed by atoms with Crippen LogP contribution < -0.4 is 14.4 Å². The number of methoxy groups -OCH3 is 1. The molecule has 0 atom stereocenters. The minimum Gasteiger partial charge on any atom is -0.497 e. The van der Waals surface area contributed by atoms with Gasteiger partial charge in [0.2, 0.25) is 10.0 Å². The number of ether oxygens (including phenoxy) is 3. The predicted molar refractivity (Wildman–Crippen MR) is 123 cm³/mol. The average molecular weight is 476 g/mol. The van der Waals surface area contributed by atoms with Crippen LogP contribution in [0.1, 0.15) is 0 Å². The second-order valence-electron chi connectivity index (χ2n) is 7.84. The smallest absolute Gasteiger partial charge is 0.260 e. The van der Waals surface area contributed by atoms with Gasteiger partial charge in [0.15, 0.2) is 6.61 Å². The van der Waals surface area contributed by atoms with Crippen molar-refractivity contribution in [2.45, 2.75) is 4.90 Å². The minimum absolute atomic E-state index is 0.0852. The van der Waals surface area contributed by atoms with Gasteiger partial charge in [-0.1, -0.05) is 0 Å². The minimum atomic E-state index is -3.55. The number of hydrogen-bond donors (Lipinski definition) is 0. The first-order valence-electron chi connectivity index (χ1n) is 10.9. The summed E-state index contributed by atoms with van der Waals surface area (Å²) in [5.74, 6) is 1.19. The van der Waals surface area contributed by atoms with Gasteiger partial charge >= 0.3 is 0 Å². The highest BCUT2D eigenvalue weighted by Gasteiger charge is 2.26. The topological polar surface area (TPSA) is 88.6 Å². The molecule has 0 aromatic heterocycles. The third-order valence-corrected chi connectivity index (χ3v) is 7.78. The van der Waals surface area contributed by atoms with Crippen LogP contribution in [-0.2, 0) is 19.6 Å². The standard InChI is InChI=1S/C23H29N3O6S/c1-30-20-4-2-19(3-5-20)24-10-12-25(13-11-24)23(27)18-32-21-6-8-22(9-7-21)33(28,29)26-14-16-31-17-15-26/h2-9H,10-18H2,1H3. The van der Waals surface area contributed by atoms with Crippen molar-refractivity contribution in [1.82, 2.24) is 9.21 Å². The van der Waals surface area contributed by atoms with Gasteiger partial charge in [0, 0.05) is 45.0 Å². The lowest BCUT2D eigenvalue weighted by Gasteiger charge is -2.36. The molecule has 0 N–H and O–H groups in total. The van der Waals surface area contributed by atoms with E-state index in [0.29, 0.717) is 45.1 Å². The number of carbonyl (C=O) groups excluding carboxylic acids is 1. The van der Waals surface area contributed by atoms with E-state index in [1.54, 1.807) is 24.1 Å². The summed E-state index contributed by atoms with van der Waals surface area (Å²) in [6, 6.07) is 14.1. The number of anilines is 1. The van der Waals surface area contributed by atoms with E-state index in [4.69, 9.17) is 14.2 Å². The summed E-state index contributed by atoms with van der Waals surface area (Å²) < 4.78 is 42.8. The number of carbonyl (C=O) groups is 1. The van der Waals surface area contributed by atoms with E-state index in [-0.39, 0.29) is 17.4 Å². The van der Waals surface area contributed by atoms with Gasteiger partial charge in [0.1, 0.15) is 11.5 Å². The second kappa shape index (κ2) is 10.4. The fourth-order valence-electron chi connectivity index (χ4n) is 3.89. The zero-order valence-electron chi connectivity index (χ0n) is 18.7. The summed E-state index contributed by atoms with van der Waals surface area (Å²) in [6.07, 6.45) is 0. The molecule has 2 aliphatic rings. The van der Waals surface area contributed by atoms with Crippen LogP contribution in [0.25, 0.3) is 0 Å². The average Bonchev–Trinajstić information content (AvgIpc) is 2.88. The lowest BCUT2D eigenvalue weighted by molar-refractivity contribution is -0.133. The summed E-state index contributed by atoms with van der Waals surface area (Å²) >= 11 is 0. The first-order valence-corrected chi connectivity index (χ1v) is 12.4. The highest BCUT2D eigenvalue weighted by molar-refractivity contribution is 7.89. The summed E-state index contributed by atoms with van der Waals surface area (Å²) in [7, 11) is -1.91. The van der Waals surface area contributed by atoms with Crippen molar-refractivity contribution in [2.24, 2.45) is 0 Å². The van der Waals surface area contributed by atoms with Crippen molar-refractivity contribution in [2.75, 3.05) is 71.1 Å². The van der Waals surface area contributed by atoms with Crippen molar-refractivity contribution in [1.29, 1.82) is 0 Å². The van der Waals surface area contributed by atoms with E-state index in [1.807, 2.05) is 24.3 Å². The molecule has 0 spiro atoms. The first-order chi connectivity index (χ1) is 16.0. The SMILES string of the molecule is COc1ccc(N2CCN(C(=O)COc3ccc(S(=O)(=O)N4CCOCC4)cc3)CC2)cc1. The molecule has 0 unspecified atom stereocenters. The molecule has 0 aliphatic carbocycles. The molecule has 33 heavy (non-hydrogen) atoms. The fourth-order valence-corrected chi connectivity index (χ4v) is 5.30. The van der Waals surface area contributed by atoms with Gasteiger partial charge in [-0.2, -0.15) is 4.31 Å². The van der Waals surface area contributed by atoms with E-state index in [0.717, 1.165) is 24.5 Å². The van der Waals surface area contributed by atoms with E-state index in [9.17, 15) is 13.2 Å². The maximum atomic E-state index is 12.7. The zero-order valence-corrected chi connectivity index (χ0v) is 19.5. The van der Waals surface area contributed by atoms with E-state index in [1.165, 1.54) is 16.4 Å². The van der Waals surface area contributed by atoms with Gasteiger partial charge in [0.05, 0.1) is 25.2 Å². The third-order valence-electron chi connectivity index (χ3n) is 5.86. The van der Waals surface area contributed by atoms with Crippen LogP contribution in [0.3, 0.4) is 0 Å². The quantitative estimate of drug-likeness (QED) is 0.599. The van der Waals surface area contributed by atoms with Crippen LogP contribution >= 0.6 is 0 Å². The third kappa shape index (κ3) is 5.58. The summed E-state index contributed by atoms with van der Waals surface area (Å²) in [5.41, 5.74) is 1.10. The van der Waals surface area contributed by atoms with Crippen molar-refractivity contribution in [3.63, 3.8) is 0 Å². The predicted octanol–water partition coefficient (Wildman–Crippen LogP) is 1.44. The molecule has 2 aliphatic heterocycles. The van der Waals surface area contributed by atoms with E-state index >= 15 is 0 Å². The summed E-state index contributed by atoms with van der Waals surface area (Å²) in [5, 5.41) is 0. The molecular weight excluding hydrogens is 446 g/mol. The van der Waals surface area contributed by atoms with Gasteiger partial charge in [-0.15, -0.1) is 0 Å². The fraction of sp³-hybridized carbons (Fsp3) is 0.435. The Morgan fingerprint density at radius 2 is 1.48 bits per heavy atom. The normalized spacial score (nSPS) is 17.6. The number of rotatable bonds is 7. The molecule has 0 radical (unpaired) electrons. The van der Waals surface area contributed by atoms with Gasteiger partial charge in [-0.3, -0.25) is 4.79 Å². The lowest BCUT2D eigenvalue weighted by Crippen LogP contribution is -2.50. The molecule has 2 heterocycles. The number of amides is 1. The molecule has 9 nitrogen and oxygen atoms in total. The van der Waals surface area contributed by atoms with Crippen LogP contribution in [0.15, 0.2) is 53.4 Å². The number of sulfonamides is 1. The van der Waals surface area contributed by atoms with Gasteiger partial charge in [-0.05, 0) is 48.5 Å². The molecule has 178 valence electrons. The highest BCUT2D eigenvalue weighted by Crippen LogP contribution is 2.22. The molecule has 1 amide bonds. The van der Waals surface area contributed by atoms with Crippen molar-refractivity contribution in [3.05, 3.63) is 48.5 Å². The number of morpholine rings is 1. The summed E-state index contributed by atoms with van der Waals surface area (Å²) in [6.45, 7) is 4.13. The Morgan fingerprint density at radius 1 is 0.879 bits per heavy atom. The van der Waals surface area contributed by atoms with Crippen LogP contribution in [0, 0.1) is 0 Å². The van der Waals surface area contributed by atoms with Crippen molar-refractivity contribution >= 4 is 21.6 Å². The number of piperazine rings is 1. The van der Waals surface area contributed by atoms with E-state index in [2.05, 4.69) is 4.90 Å². The number of nitrogens with zero attached hydrogens (tertiary/aromatic N) is 3. The molecule has 0 saturated carbocycles. The first kappa shape index (κ1) is 23.3. The molecule has 2 saturated heterocycles. The van der Waals surface area contributed by atoms with Gasteiger partial charge in [0.25, 0.3) is 5.91 Å². The summed E-state index contributed by atoms with van der Waals surface area (Å²) in [4.78, 5) is 16.8. The largest absolute Gasteiger partial charge is 0.497 e. The highest BCUT2D eigenvalue weighted by atomic mass is 32.2. The number of hydrogen-bond acceptors (Lipinski definition) is 7. The maximum Gasteiger partial charge on any atom is 0.260 e. The molecule has 10 heteroatoms. The Hall–Kier alpha value is -2.82. The van der Waals surface area contributed by atoms with Crippen molar-refractivity contribution in [3.8, 4) is 11.5 Å². The van der Waals surface area contributed by atoms with Crippen molar-refractivity contribution < 1.29 is 27.4 Å².